The number of ether oxygens (including phenoxy) is 4. The van der Waals surface area contributed by atoms with Crippen LogP contribution in [0.25, 0.3) is 0 Å². The summed E-state index contributed by atoms with van der Waals surface area (Å²) in [4.78, 5) is 33.8. The average molecular weight is 757 g/mol. The molecule has 2 bridgehead atoms. The number of anilines is 1. The van der Waals surface area contributed by atoms with Gasteiger partial charge in [0.1, 0.15) is 12.2 Å². The maximum atomic E-state index is 13.9. The number of aromatic nitrogens is 1. The van der Waals surface area contributed by atoms with Crippen LogP contribution in [-0.2, 0) is 20.7 Å². The molecule has 8 rings (SSSR count). The van der Waals surface area contributed by atoms with E-state index in [-0.39, 0.29) is 39.6 Å². The zero-order valence-corrected chi connectivity index (χ0v) is 29.5. The summed E-state index contributed by atoms with van der Waals surface area (Å²) in [5, 5.41) is 3.74. The van der Waals surface area contributed by atoms with Gasteiger partial charge in [0.25, 0.3) is 0 Å². The van der Waals surface area contributed by atoms with Crippen molar-refractivity contribution in [3.05, 3.63) is 106 Å². The smallest absolute Gasteiger partial charge is 0.387 e. The highest BCUT2D eigenvalue weighted by Gasteiger charge is 2.38. The van der Waals surface area contributed by atoms with Gasteiger partial charge in [-0.2, -0.15) is 8.78 Å². The van der Waals surface area contributed by atoms with Gasteiger partial charge in [-0.05, 0) is 98.1 Å². The van der Waals surface area contributed by atoms with Gasteiger partial charge in [-0.15, -0.1) is 0 Å². The first-order valence-corrected chi connectivity index (χ1v) is 18.0. The quantitative estimate of drug-likeness (QED) is 0.119. The van der Waals surface area contributed by atoms with Crippen LogP contribution >= 0.6 is 23.2 Å². The van der Waals surface area contributed by atoms with Crippen molar-refractivity contribution in [2.24, 2.45) is 11.8 Å². The first-order valence-electron chi connectivity index (χ1n) is 17.2. The Hall–Kier alpha value is -4.39. The van der Waals surface area contributed by atoms with Gasteiger partial charge < -0.3 is 28.7 Å². The van der Waals surface area contributed by atoms with E-state index in [1.807, 2.05) is 0 Å². The highest BCUT2D eigenvalue weighted by atomic mass is 35.5. The number of nitrogens with zero attached hydrogens (tertiary/aromatic N) is 2. The van der Waals surface area contributed by atoms with Crippen LogP contribution in [0.2, 0.25) is 10.0 Å². The molecule has 14 heteroatoms. The highest BCUT2D eigenvalue weighted by molar-refractivity contribution is 6.35. The van der Waals surface area contributed by atoms with E-state index in [4.69, 9.17) is 46.6 Å². The molecular weight excluding hydrogens is 719 g/mol. The van der Waals surface area contributed by atoms with Crippen LogP contribution in [0.5, 0.6) is 11.5 Å². The van der Waals surface area contributed by atoms with E-state index in [0.717, 1.165) is 38.8 Å². The number of rotatable bonds is 15. The van der Waals surface area contributed by atoms with E-state index < -0.39 is 30.7 Å². The van der Waals surface area contributed by atoms with E-state index >= 15 is 0 Å². The van der Waals surface area contributed by atoms with Gasteiger partial charge in [0.2, 0.25) is 0 Å². The molecule has 4 aliphatic rings. The number of halogens is 4. The molecule has 4 fully saturated rings. The minimum absolute atomic E-state index is 0.0367. The van der Waals surface area contributed by atoms with Gasteiger partial charge in [-0.3, -0.25) is 9.88 Å². The summed E-state index contributed by atoms with van der Waals surface area (Å²) < 4.78 is 54.6. The van der Waals surface area contributed by atoms with Crippen molar-refractivity contribution in [1.29, 1.82) is 0 Å². The normalized spacial score (nSPS) is 20.6. The fourth-order valence-corrected chi connectivity index (χ4v) is 7.17. The lowest BCUT2D eigenvalue weighted by Gasteiger charge is -2.44. The number of carbonyl (C=O) groups excluding carboxylic acids is 2. The molecule has 10 nitrogen and oxygen atoms in total. The molecule has 0 spiro atoms. The number of benzene rings is 2. The van der Waals surface area contributed by atoms with Crippen LogP contribution < -0.4 is 14.8 Å². The number of alkyl halides is 2. The zero-order valence-electron chi connectivity index (χ0n) is 28.0. The lowest BCUT2D eigenvalue weighted by Crippen LogP contribution is -2.52. The van der Waals surface area contributed by atoms with E-state index in [2.05, 4.69) is 15.2 Å². The SMILES string of the molecule is O=C(O[C@@H](Cc1c(Cl)cncc1Cl)c1ccc(OC(F)F)c(OCC2CC2)c1)c1cccc(NC(C(=O)O[C@H]2CN3CCC2CC3)c2ccoc2)c1. The lowest BCUT2D eigenvalue weighted by molar-refractivity contribution is -0.159. The Kier molecular flexibility index (Phi) is 11.1. The maximum Gasteiger partial charge on any atom is 0.387 e. The van der Waals surface area contributed by atoms with Gasteiger partial charge in [0.15, 0.2) is 17.5 Å². The summed E-state index contributed by atoms with van der Waals surface area (Å²) in [6.07, 6.45) is 8.64. The Morgan fingerprint density at radius 1 is 0.981 bits per heavy atom. The summed E-state index contributed by atoms with van der Waals surface area (Å²) in [6.45, 7) is 0.0177. The summed E-state index contributed by atoms with van der Waals surface area (Å²) >= 11 is 12.9. The fourth-order valence-electron chi connectivity index (χ4n) is 6.65. The number of nitrogens with one attached hydrogen (secondary N) is 1. The number of esters is 2. The van der Waals surface area contributed by atoms with E-state index in [0.29, 0.717) is 47.4 Å². The minimum atomic E-state index is -3.06. The Labute approximate surface area is 309 Å². The molecule has 4 aromatic rings. The molecule has 1 aliphatic carbocycles. The van der Waals surface area contributed by atoms with Crippen molar-refractivity contribution >= 4 is 40.8 Å². The van der Waals surface area contributed by atoms with Gasteiger partial charge >= 0.3 is 18.6 Å². The molecule has 274 valence electrons. The second-order valence-corrected chi connectivity index (χ2v) is 14.2. The van der Waals surface area contributed by atoms with Crippen molar-refractivity contribution in [1.82, 2.24) is 9.88 Å². The van der Waals surface area contributed by atoms with Gasteiger partial charge in [-0.25, -0.2) is 9.59 Å². The third-order valence-electron chi connectivity index (χ3n) is 9.70. The molecule has 3 saturated heterocycles. The molecule has 3 aliphatic heterocycles. The third kappa shape index (κ3) is 8.79. The molecule has 52 heavy (non-hydrogen) atoms. The lowest BCUT2D eigenvalue weighted by atomic mass is 9.86. The summed E-state index contributed by atoms with van der Waals surface area (Å²) in [7, 11) is 0. The molecule has 3 atom stereocenters. The summed E-state index contributed by atoms with van der Waals surface area (Å²) in [5.74, 6) is -0.517. The van der Waals surface area contributed by atoms with E-state index in [9.17, 15) is 18.4 Å². The van der Waals surface area contributed by atoms with E-state index in [1.54, 1.807) is 30.3 Å². The summed E-state index contributed by atoms with van der Waals surface area (Å²) in [5.41, 5.74) is 2.14. The minimum Gasteiger partial charge on any atom is -0.489 e. The Balaban J connectivity index is 1.13. The second-order valence-electron chi connectivity index (χ2n) is 13.3. The van der Waals surface area contributed by atoms with Crippen LogP contribution in [-0.4, -0.2) is 60.8 Å². The van der Waals surface area contributed by atoms with Crippen LogP contribution in [0, 0.1) is 11.8 Å². The molecule has 2 aromatic carbocycles. The molecule has 0 radical (unpaired) electrons. The van der Waals surface area contributed by atoms with Crippen molar-refractivity contribution < 1.29 is 41.7 Å². The predicted molar refractivity (Wildman–Crippen MR) is 188 cm³/mol. The molecule has 2 aromatic heterocycles. The first-order chi connectivity index (χ1) is 25.2. The molecule has 1 saturated carbocycles. The Morgan fingerprint density at radius 2 is 1.77 bits per heavy atom. The standard InChI is InChI=1S/C38H37Cl2F2N3O7/c39-29-17-43-18-30(40)28(29)16-32(24-6-7-31(52-38(41)42)33(15-24)49-20-22-4-5-22)50-36(46)25-2-1-3-27(14-25)44-35(26-10-13-48-21-26)37(47)51-34-19-45-11-8-23(34)9-12-45/h1-3,6-7,10,13-15,17-18,21-23,32,34-35,38,44H,4-5,8-9,11-12,16,19-20H2/t32-,34-,35?/m0/s1. The third-order valence-corrected chi connectivity index (χ3v) is 10.4. The van der Waals surface area contributed by atoms with Crippen molar-refractivity contribution in [3.63, 3.8) is 0 Å². The molecule has 0 amide bonds. The molecule has 1 unspecified atom stereocenters. The highest BCUT2D eigenvalue weighted by Crippen LogP contribution is 2.38. The van der Waals surface area contributed by atoms with Crippen LogP contribution in [0.4, 0.5) is 14.5 Å². The van der Waals surface area contributed by atoms with Crippen LogP contribution in [0.15, 0.2) is 77.9 Å². The zero-order chi connectivity index (χ0) is 36.2. The van der Waals surface area contributed by atoms with Crippen molar-refractivity contribution in [2.75, 3.05) is 31.6 Å². The van der Waals surface area contributed by atoms with Gasteiger partial charge in [0.05, 0.1) is 34.7 Å². The fraction of sp³-hybridized carbons (Fsp3) is 0.395. The largest absolute Gasteiger partial charge is 0.489 e. The second kappa shape index (κ2) is 16.1. The van der Waals surface area contributed by atoms with Crippen LogP contribution in [0.1, 0.15) is 64.9 Å². The van der Waals surface area contributed by atoms with Crippen LogP contribution in [0.3, 0.4) is 0 Å². The number of fused-ring (bicyclic) bond motifs is 3. The van der Waals surface area contributed by atoms with Crippen molar-refractivity contribution in [3.8, 4) is 11.5 Å². The number of carbonyl (C=O) groups is 2. The summed E-state index contributed by atoms with van der Waals surface area (Å²) in [6, 6.07) is 11.7. The number of pyridine rings is 1. The molecule has 1 N–H and O–H groups in total. The number of hydrogen-bond donors (Lipinski definition) is 1. The number of piperidine rings is 3. The number of hydrogen-bond acceptors (Lipinski definition) is 10. The average Bonchev–Trinajstić information content (AvgIpc) is 3.82. The van der Waals surface area contributed by atoms with Gasteiger partial charge in [-0.1, -0.05) is 35.3 Å². The molecule has 5 heterocycles. The Morgan fingerprint density at radius 3 is 2.44 bits per heavy atom. The first kappa shape index (κ1) is 36.0. The monoisotopic (exact) mass is 755 g/mol. The van der Waals surface area contributed by atoms with E-state index in [1.165, 1.54) is 43.1 Å². The Bertz CT molecular complexity index is 1850. The maximum absolute atomic E-state index is 13.9. The number of furan rings is 1. The van der Waals surface area contributed by atoms with Crippen molar-refractivity contribution in [2.45, 2.75) is 57.0 Å². The predicted octanol–water partition coefficient (Wildman–Crippen LogP) is 8.30. The molecular formula is C38H37Cl2F2N3O7. The topological polar surface area (TPSA) is 112 Å². The van der Waals surface area contributed by atoms with Gasteiger partial charge in [0, 0.05) is 36.6 Å².